The fraction of sp³-hybridized carbons (Fsp3) is 0. The molecule has 0 fully saturated rings. The van der Waals surface area contributed by atoms with E-state index >= 15 is 0 Å². The van der Waals surface area contributed by atoms with E-state index in [1.165, 1.54) is 71.3 Å². The summed E-state index contributed by atoms with van der Waals surface area (Å²) in [7, 11) is 0. The highest BCUT2D eigenvalue weighted by Crippen LogP contribution is 2.50. The van der Waals surface area contributed by atoms with Crippen LogP contribution < -0.4 is 4.90 Å². The van der Waals surface area contributed by atoms with E-state index in [1.807, 2.05) is 0 Å². The minimum absolute atomic E-state index is 1.13. The molecular weight excluding hydrogens is 556 g/mol. The Morgan fingerprint density at radius 2 is 0.913 bits per heavy atom. The molecule has 1 heterocycles. The summed E-state index contributed by atoms with van der Waals surface area (Å²) in [5, 5.41) is 7.69. The van der Waals surface area contributed by atoms with E-state index < -0.39 is 0 Å². The van der Waals surface area contributed by atoms with E-state index in [4.69, 9.17) is 0 Å². The number of para-hydroxylation sites is 2. The van der Waals surface area contributed by atoms with Crippen molar-refractivity contribution >= 4 is 60.4 Å². The number of nitrogens with zero attached hydrogens (tertiary/aromatic N) is 2. The Bertz CT molecular complexity index is 2590. The fourth-order valence-electron chi connectivity index (χ4n) is 7.83. The lowest BCUT2D eigenvalue weighted by Crippen LogP contribution is -2.10. The smallest absolute Gasteiger partial charge is 0.0548 e. The van der Waals surface area contributed by atoms with Crippen molar-refractivity contribution < 1.29 is 0 Å². The van der Waals surface area contributed by atoms with Gasteiger partial charge in [0.05, 0.1) is 22.4 Å². The van der Waals surface area contributed by atoms with Gasteiger partial charge in [-0.3, -0.25) is 0 Å². The minimum Gasteiger partial charge on any atom is -0.310 e. The standard InChI is InChI=1S/C44H28N2/c1-3-14-30(15-4-1)45(31-16-5-2-6-17-31)38-27-28-39(35-21-10-9-20-34(35)38)46-40-24-12-23-37-33-19-8-7-18-32(33)36-22-11-13-29-25-26-41(46)44(42(29)36)43(37)40/h1-28H. The average Bonchev–Trinajstić information content (AvgIpc) is 3.40. The summed E-state index contributed by atoms with van der Waals surface area (Å²) in [6.45, 7) is 0. The Kier molecular flexibility index (Phi) is 5.31. The molecule has 1 aromatic heterocycles. The van der Waals surface area contributed by atoms with Gasteiger partial charge in [0.1, 0.15) is 0 Å². The molecule has 0 aliphatic heterocycles. The first-order valence-corrected chi connectivity index (χ1v) is 15.9. The third-order valence-electron chi connectivity index (χ3n) is 9.69. The summed E-state index contributed by atoms with van der Waals surface area (Å²) in [5.74, 6) is 0. The third kappa shape index (κ3) is 3.47. The van der Waals surface area contributed by atoms with E-state index in [0.717, 1.165) is 17.1 Å². The SMILES string of the molecule is c1ccc(N(c2ccccc2)c2ccc(-n3c4cccc5c4c4c6c(cccc6ccc43)-c3ccccc3-5)c3ccccc23)cc1. The Hall–Kier alpha value is -6.12. The zero-order valence-electron chi connectivity index (χ0n) is 25.1. The lowest BCUT2D eigenvalue weighted by atomic mass is 9.93. The highest BCUT2D eigenvalue weighted by atomic mass is 15.1. The van der Waals surface area contributed by atoms with Crippen LogP contribution in [-0.2, 0) is 0 Å². The molecule has 1 aliphatic carbocycles. The zero-order chi connectivity index (χ0) is 30.2. The van der Waals surface area contributed by atoms with Gasteiger partial charge in [0.15, 0.2) is 0 Å². The van der Waals surface area contributed by atoms with Crippen molar-refractivity contribution in [3.05, 3.63) is 170 Å². The summed E-state index contributed by atoms with van der Waals surface area (Å²) in [4.78, 5) is 2.37. The van der Waals surface area contributed by atoms with Gasteiger partial charge in [0, 0.05) is 32.9 Å². The Morgan fingerprint density at radius 1 is 0.348 bits per heavy atom. The Morgan fingerprint density at radius 3 is 1.63 bits per heavy atom. The van der Waals surface area contributed by atoms with Gasteiger partial charge in [-0.05, 0) is 81.6 Å². The molecule has 9 aromatic rings. The topological polar surface area (TPSA) is 8.17 Å². The molecule has 0 radical (unpaired) electrons. The normalized spacial score (nSPS) is 11.9. The average molecular weight is 585 g/mol. The van der Waals surface area contributed by atoms with E-state index in [1.54, 1.807) is 0 Å². The summed E-state index contributed by atoms with van der Waals surface area (Å²) in [6.07, 6.45) is 0. The van der Waals surface area contributed by atoms with Crippen LogP contribution in [0.2, 0.25) is 0 Å². The van der Waals surface area contributed by atoms with Gasteiger partial charge in [0.25, 0.3) is 0 Å². The zero-order valence-corrected chi connectivity index (χ0v) is 25.1. The predicted octanol–water partition coefficient (Wildman–Crippen LogP) is 12.2. The maximum atomic E-state index is 2.50. The number of fused-ring (bicyclic) bond motifs is 4. The van der Waals surface area contributed by atoms with Crippen molar-refractivity contribution in [3.63, 3.8) is 0 Å². The van der Waals surface area contributed by atoms with Crippen molar-refractivity contribution in [2.75, 3.05) is 4.90 Å². The van der Waals surface area contributed by atoms with Crippen LogP contribution in [-0.4, -0.2) is 4.57 Å². The number of aromatic nitrogens is 1. The summed E-state index contributed by atoms with van der Waals surface area (Å²) >= 11 is 0. The second-order valence-electron chi connectivity index (χ2n) is 12.1. The van der Waals surface area contributed by atoms with Gasteiger partial charge in [-0.25, -0.2) is 0 Å². The van der Waals surface area contributed by atoms with Crippen molar-refractivity contribution in [2.45, 2.75) is 0 Å². The van der Waals surface area contributed by atoms with E-state index in [2.05, 4.69) is 179 Å². The van der Waals surface area contributed by atoms with Crippen LogP contribution in [0, 0.1) is 0 Å². The number of hydrogen-bond donors (Lipinski definition) is 0. The molecule has 2 heteroatoms. The first-order valence-electron chi connectivity index (χ1n) is 15.9. The van der Waals surface area contributed by atoms with E-state index in [-0.39, 0.29) is 0 Å². The largest absolute Gasteiger partial charge is 0.310 e. The summed E-state index contributed by atoms with van der Waals surface area (Å²) in [6, 6.07) is 61.9. The fourth-order valence-corrected chi connectivity index (χ4v) is 7.83. The van der Waals surface area contributed by atoms with Crippen LogP contribution in [0.1, 0.15) is 0 Å². The second-order valence-corrected chi connectivity index (χ2v) is 12.1. The first-order chi connectivity index (χ1) is 22.9. The van der Waals surface area contributed by atoms with E-state index in [9.17, 15) is 0 Å². The highest BCUT2D eigenvalue weighted by Gasteiger charge is 2.25. The van der Waals surface area contributed by atoms with Crippen molar-refractivity contribution in [2.24, 2.45) is 0 Å². The van der Waals surface area contributed by atoms with Crippen LogP contribution >= 0.6 is 0 Å². The summed E-state index contributed by atoms with van der Waals surface area (Å²) < 4.78 is 2.50. The number of benzene rings is 8. The molecule has 0 saturated carbocycles. The lowest BCUT2D eigenvalue weighted by molar-refractivity contribution is 1.19. The number of anilines is 3. The predicted molar refractivity (Wildman–Crippen MR) is 195 cm³/mol. The highest BCUT2D eigenvalue weighted by molar-refractivity contribution is 6.30. The molecule has 214 valence electrons. The van der Waals surface area contributed by atoms with E-state index in [0.29, 0.717) is 0 Å². The number of hydrogen-bond acceptors (Lipinski definition) is 1. The first kappa shape index (κ1) is 25.2. The Balaban J connectivity index is 1.32. The molecule has 46 heavy (non-hydrogen) atoms. The monoisotopic (exact) mass is 584 g/mol. The van der Waals surface area contributed by atoms with Gasteiger partial charge in [-0.15, -0.1) is 0 Å². The Labute approximate surface area is 267 Å². The summed E-state index contributed by atoms with van der Waals surface area (Å²) in [5.41, 5.74) is 12.2. The molecule has 10 rings (SSSR count). The molecular formula is C44H28N2. The molecule has 0 N–H and O–H groups in total. The van der Waals surface area contributed by atoms with Gasteiger partial charge >= 0.3 is 0 Å². The third-order valence-corrected chi connectivity index (χ3v) is 9.69. The molecule has 0 bridgehead atoms. The molecule has 0 atom stereocenters. The van der Waals surface area contributed by atoms with Gasteiger partial charge in [-0.2, -0.15) is 0 Å². The minimum atomic E-state index is 1.13. The van der Waals surface area contributed by atoms with Gasteiger partial charge in [-0.1, -0.05) is 121 Å². The van der Waals surface area contributed by atoms with Gasteiger partial charge < -0.3 is 9.47 Å². The molecule has 0 saturated heterocycles. The maximum absolute atomic E-state index is 2.50. The lowest BCUT2D eigenvalue weighted by Gasteiger charge is -2.27. The van der Waals surface area contributed by atoms with Crippen molar-refractivity contribution in [3.8, 4) is 27.9 Å². The van der Waals surface area contributed by atoms with Crippen LogP contribution in [0.3, 0.4) is 0 Å². The molecule has 0 unspecified atom stereocenters. The van der Waals surface area contributed by atoms with Crippen molar-refractivity contribution in [1.82, 2.24) is 4.57 Å². The number of rotatable bonds is 4. The van der Waals surface area contributed by atoms with Crippen molar-refractivity contribution in [1.29, 1.82) is 0 Å². The van der Waals surface area contributed by atoms with Crippen LogP contribution in [0.15, 0.2) is 170 Å². The second kappa shape index (κ2) is 9.69. The molecule has 8 aromatic carbocycles. The van der Waals surface area contributed by atoms with Crippen LogP contribution in [0.4, 0.5) is 17.1 Å². The maximum Gasteiger partial charge on any atom is 0.0548 e. The quantitative estimate of drug-likeness (QED) is 0.200. The molecule has 1 aliphatic rings. The molecule has 0 spiro atoms. The van der Waals surface area contributed by atoms with Crippen LogP contribution in [0.5, 0.6) is 0 Å². The van der Waals surface area contributed by atoms with Gasteiger partial charge in [0.2, 0.25) is 0 Å². The van der Waals surface area contributed by atoms with Crippen LogP contribution in [0.25, 0.3) is 71.3 Å². The molecule has 0 amide bonds. The molecule has 2 nitrogen and oxygen atoms in total.